The van der Waals surface area contributed by atoms with Crippen LogP contribution in [0.15, 0.2) is 24.3 Å². The smallest absolute Gasteiger partial charge is 0.431 e. The molecule has 1 aromatic rings. The summed E-state index contributed by atoms with van der Waals surface area (Å²) >= 11 is 0. The SMILES string of the molecule is CCCCc1ccccc1OC(=O)OC(C)C. The predicted molar refractivity (Wildman–Crippen MR) is 67.3 cm³/mol. The minimum Gasteiger partial charge on any atom is -0.431 e. The van der Waals surface area contributed by atoms with Gasteiger partial charge in [-0.1, -0.05) is 31.5 Å². The van der Waals surface area contributed by atoms with Crippen LogP contribution in [-0.2, 0) is 11.2 Å². The summed E-state index contributed by atoms with van der Waals surface area (Å²) in [4.78, 5) is 11.4. The molecule has 0 bridgehead atoms. The molecule has 0 heterocycles. The average Bonchev–Trinajstić information content (AvgIpc) is 2.26. The highest BCUT2D eigenvalue weighted by molar-refractivity contribution is 5.64. The third-order valence-electron chi connectivity index (χ3n) is 2.30. The summed E-state index contributed by atoms with van der Waals surface area (Å²) in [6, 6.07) is 7.58. The van der Waals surface area contributed by atoms with Crippen LogP contribution in [0, 0.1) is 0 Å². The lowest BCUT2D eigenvalue weighted by Crippen LogP contribution is -2.16. The molecule has 1 rings (SSSR count). The Kier molecular flexibility index (Phi) is 5.53. The molecule has 0 aliphatic carbocycles. The number of benzene rings is 1. The lowest BCUT2D eigenvalue weighted by Gasteiger charge is -2.11. The predicted octanol–water partition coefficient (Wildman–Crippen LogP) is 3.95. The van der Waals surface area contributed by atoms with Crippen LogP contribution >= 0.6 is 0 Å². The fourth-order valence-electron chi connectivity index (χ4n) is 1.48. The van der Waals surface area contributed by atoms with Crippen LogP contribution < -0.4 is 4.74 Å². The van der Waals surface area contributed by atoms with Crippen LogP contribution in [0.5, 0.6) is 5.75 Å². The van der Waals surface area contributed by atoms with E-state index in [1.807, 2.05) is 18.2 Å². The van der Waals surface area contributed by atoms with Gasteiger partial charge in [-0.3, -0.25) is 0 Å². The van der Waals surface area contributed by atoms with Crippen molar-refractivity contribution in [1.82, 2.24) is 0 Å². The number of ether oxygens (including phenoxy) is 2. The quantitative estimate of drug-likeness (QED) is 0.573. The van der Waals surface area contributed by atoms with Crippen molar-refractivity contribution in [1.29, 1.82) is 0 Å². The molecule has 3 heteroatoms. The highest BCUT2D eigenvalue weighted by Crippen LogP contribution is 2.20. The summed E-state index contributed by atoms with van der Waals surface area (Å²) in [6.07, 6.45) is 2.32. The van der Waals surface area contributed by atoms with Gasteiger partial charge in [0.15, 0.2) is 0 Å². The molecule has 0 radical (unpaired) electrons. The molecule has 17 heavy (non-hydrogen) atoms. The summed E-state index contributed by atoms with van der Waals surface area (Å²) in [7, 11) is 0. The number of hydrogen-bond acceptors (Lipinski definition) is 3. The van der Waals surface area contributed by atoms with Crippen LogP contribution in [0.2, 0.25) is 0 Å². The summed E-state index contributed by atoms with van der Waals surface area (Å²) < 4.78 is 10.1. The molecule has 0 saturated heterocycles. The average molecular weight is 236 g/mol. The molecule has 0 atom stereocenters. The van der Waals surface area contributed by atoms with Gasteiger partial charge >= 0.3 is 6.16 Å². The number of rotatable bonds is 5. The van der Waals surface area contributed by atoms with E-state index in [4.69, 9.17) is 9.47 Å². The van der Waals surface area contributed by atoms with E-state index >= 15 is 0 Å². The molecule has 0 fully saturated rings. The molecule has 0 unspecified atom stereocenters. The van der Waals surface area contributed by atoms with Gasteiger partial charge in [-0.05, 0) is 38.3 Å². The molecule has 0 aliphatic rings. The normalized spacial score (nSPS) is 10.4. The van der Waals surface area contributed by atoms with Crippen molar-refractivity contribution in [2.75, 3.05) is 0 Å². The monoisotopic (exact) mass is 236 g/mol. The van der Waals surface area contributed by atoms with Gasteiger partial charge in [-0.25, -0.2) is 4.79 Å². The molecule has 1 aromatic carbocycles. The molecule has 94 valence electrons. The van der Waals surface area contributed by atoms with E-state index in [1.165, 1.54) is 0 Å². The Balaban J connectivity index is 2.65. The first kappa shape index (κ1) is 13.6. The number of hydrogen-bond donors (Lipinski definition) is 0. The standard InChI is InChI=1S/C14H20O3/c1-4-5-8-12-9-6-7-10-13(12)17-14(15)16-11(2)3/h6-7,9-11H,4-5,8H2,1-3H3. The second-order valence-electron chi connectivity index (χ2n) is 4.23. The number of unbranched alkanes of at least 4 members (excludes halogenated alkanes) is 1. The van der Waals surface area contributed by atoms with Crippen molar-refractivity contribution >= 4 is 6.16 Å². The summed E-state index contributed by atoms with van der Waals surface area (Å²) in [5.74, 6) is 0.603. The van der Waals surface area contributed by atoms with Crippen LogP contribution in [0.25, 0.3) is 0 Å². The molecular weight excluding hydrogens is 216 g/mol. The Labute approximate surface area is 103 Å². The fraction of sp³-hybridized carbons (Fsp3) is 0.500. The number of carbonyl (C=O) groups is 1. The van der Waals surface area contributed by atoms with Crippen LogP contribution in [0.4, 0.5) is 4.79 Å². The second-order valence-corrected chi connectivity index (χ2v) is 4.23. The molecule has 0 aromatic heterocycles. The zero-order valence-electron chi connectivity index (χ0n) is 10.7. The van der Waals surface area contributed by atoms with Crippen molar-refractivity contribution in [3.63, 3.8) is 0 Å². The first-order valence-corrected chi connectivity index (χ1v) is 6.09. The summed E-state index contributed by atoms with van der Waals surface area (Å²) in [5.41, 5.74) is 1.05. The highest BCUT2D eigenvalue weighted by Gasteiger charge is 2.11. The lowest BCUT2D eigenvalue weighted by atomic mass is 10.1. The minimum atomic E-state index is -0.635. The molecule has 0 spiro atoms. The van der Waals surface area contributed by atoms with Gasteiger partial charge in [-0.2, -0.15) is 0 Å². The maximum Gasteiger partial charge on any atom is 0.514 e. The fourth-order valence-corrected chi connectivity index (χ4v) is 1.48. The first-order chi connectivity index (χ1) is 8.13. The molecule has 0 amide bonds. The van der Waals surface area contributed by atoms with Gasteiger partial charge in [0.2, 0.25) is 0 Å². The van der Waals surface area contributed by atoms with Crippen molar-refractivity contribution < 1.29 is 14.3 Å². The molecule has 0 aliphatic heterocycles. The van der Waals surface area contributed by atoms with Crippen LogP contribution in [-0.4, -0.2) is 12.3 Å². The number of para-hydroxylation sites is 1. The zero-order chi connectivity index (χ0) is 12.7. The Hall–Kier alpha value is -1.51. The Morgan fingerprint density at radius 3 is 2.65 bits per heavy atom. The highest BCUT2D eigenvalue weighted by atomic mass is 16.7. The molecule has 3 nitrogen and oxygen atoms in total. The van der Waals surface area contributed by atoms with E-state index in [1.54, 1.807) is 19.9 Å². The van der Waals surface area contributed by atoms with Crippen LogP contribution in [0.3, 0.4) is 0 Å². The van der Waals surface area contributed by atoms with Crippen molar-refractivity contribution in [3.05, 3.63) is 29.8 Å². The Bertz CT molecular complexity index is 358. The molecule has 0 N–H and O–H groups in total. The summed E-state index contributed by atoms with van der Waals surface area (Å²) in [6.45, 7) is 5.73. The topological polar surface area (TPSA) is 35.5 Å². The maximum absolute atomic E-state index is 11.4. The summed E-state index contributed by atoms with van der Waals surface area (Å²) in [5, 5.41) is 0. The van der Waals surface area contributed by atoms with Gasteiger partial charge in [0, 0.05) is 0 Å². The Morgan fingerprint density at radius 1 is 1.29 bits per heavy atom. The van der Waals surface area contributed by atoms with E-state index in [0.717, 1.165) is 24.8 Å². The van der Waals surface area contributed by atoms with Crippen molar-refractivity contribution in [2.45, 2.75) is 46.1 Å². The third kappa shape index (κ3) is 4.89. The van der Waals surface area contributed by atoms with E-state index < -0.39 is 6.16 Å². The van der Waals surface area contributed by atoms with Crippen molar-refractivity contribution in [2.24, 2.45) is 0 Å². The number of aryl methyl sites for hydroxylation is 1. The maximum atomic E-state index is 11.4. The minimum absolute atomic E-state index is 0.162. The van der Waals surface area contributed by atoms with E-state index in [9.17, 15) is 4.79 Å². The first-order valence-electron chi connectivity index (χ1n) is 6.09. The van der Waals surface area contributed by atoms with E-state index in [0.29, 0.717) is 5.75 Å². The lowest BCUT2D eigenvalue weighted by molar-refractivity contribution is 0.0726. The van der Waals surface area contributed by atoms with Gasteiger partial charge in [0.25, 0.3) is 0 Å². The second kappa shape index (κ2) is 6.94. The van der Waals surface area contributed by atoms with Crippen molar-refractivity contribution in [3.8, 4) is 5.75 Å². The third-order valence-corrected chi connectivity index (χ3v) is 2.30. The van der Waals surface area contributed by atoms with Gasteiger partial charge in [-0.15, -0.1) is 0 Å². The molecular formula is C14H20O3. The number of carbonyl (C=O) groups excluding carboxylic acids is 1. The van der Waals surface area contributed by atoms with Gasteiger partial charge < -0.3 is 9.47 Å². The van der Waals surface area contributed by atoms with Crippen LogP contribution in [0.1, 0.15) is 39.2 Å². The van der Waals surface area contributed by atoms with Gasteiger partial charge in [0.05, 0.1) is 6.10 Å². The zero-order valence-corrected chi connectivity index (χ0v) is 10.7. The van der Waals surface area contributed by atoms with E-state index in [2.05, 4.69) is 6.92 Å². The Morgan fingerprint density at radius 2 is 2.00 bits per heavy atom. The molecule has 0 saturated carbocycles. The van der Waals surface area contributed by atoms with Gasteiger partial charge in [0.1, 0.15) is 5.75 Å². The van der Waals surface area contributed by atoms with E-state index in [-0.39, 0.29) is 6.10 Å². The largest absolute Gasteiger partial charge is 0.514 e.